The zero-order valence-electron chi connectivity index (χ0n) is 21.4. The Morgan fingerprint density at radius 1 is 1.05 bits per heavy atom. The molecule has 2 aromatic heterocycles. The summed E-state index contributed by atoms with van der Waals surface area (Å²) in [6, 6.07) is 8.78. The number of hydrogen-bond donors (Lipinski definition) is 3. The SMILES string of the molecule is Cc1ccc(CNc2nc(C)c(-c3nc4c(s3)C=CC=CC4)c(NC3CCC(CO)C3)n2)cc1.FC(F)F. The maximum absolute atomic E-state index is 9.67. The third-order valence-corrected chi connectivity index (χ3v) is 7.63. The number of aromatic nitrogens is 3. The Labute approximate surface area is 224 Å². The van der Waals surface area contributed by atoms with Crippen molar-refractivity contribution < 1.29 is 18.3 Å². The Balaban J connectivity index is 0.000000786. The maximum Gasteiger partial charge on any atom is 0.379 e. The standard InChI is InChI=1S/C27H31N5OS.CHF3/c1-17-8-10-19(11-9-17)15-28-27-29-18(2)24(25(32-27)30-21-13-12-20(14-21)16-33)26-31-22-6-4-3-5-7-23(22)34-26;2-1(3)4/h3-5,7-11,20-21,33H,6,12-16H2,1-2H3,(H2,28,29,30,32);1H. The van der Waals surface area contributed by atoms with E-state index in [0.717, 1.165) is 53.5 Å². The normalized spacial score (nSPS) is 18.1. The Morgan fingerprint density at radius 2 is 1.82 bits per heavy atom. The van der Waals surface area contributed by atoms with E-state index in [-0.39, 0.29) is 12.6 Å². The monoisotopic (exact) mass is 543 g/mol. The van der Waals surface area contributed by atoms with Crippen molar-refractivity contribution in [2.75, 3.05) is 17.2 Å². The molecule has 2 atom stereocenters. The molecule has 10 heteroatoms. The van der Waals surface area contributed by atoms with E-state index in [0.29, 0.717) is 18.4 Å². The van der Waals surface area contributed by atoms with Crippen molar-refractivity contribution >= 4 is 29.2 Å². The first kappa shape index (κ1) is 27.8. The lowest BCUT2D eigenvalue weighted by Crippen LogP contribution is -2.19. The fourth-order valence-electron chi connectivity index (χ4n) is 4.61. The van der Waals surface area contributed by atoms with Crippen LogP contribution in [-0.4, -0.2) is 39.4 Å². The topological polar surface area (TPSA) is 83.0 Å². The maximum atomic E-state index is 9.67. The highest BCUT2D eigenvalue weighted by molar-refractivity contribution is 7.16. The third-order valence-electron chi connectivity index (χ3n) is 6.55. The summed E-state index contributed by atoms with van der Waals surface area (Å²) in [5.74, 6) is 1.80. The van der Waals surface area contributed by atoms with Crippen LogP contribution in [0.1, 0.15) is 46.7 Å². The molecular weight excluding hydrogens is 511 g/mol. The molecule has 3 aromatic rings. The average molecular weight is 544 g/mol. The predicted octanol–water partition coefficient (Wildman–Crippen LogP) is 6.71. The van der Waals surface area contributed by atoms with Crippen LogP contribution >= 0.6 is 11.3 Å². The number of nitrogens with zero attached hydrogens (tertiary/aromatic N) is 3. The van der Waals surface area contributed by atoms with Crippen LogP contribution < -0.4 is 10.6 Å². The van der Waals surface area contributed by atoms with Crippen LogP contribution in [0.4, 0.5) is 24.9 Å². The molecule has 2 heterocycles. The van der Waals surface area contributed by atoms with Gasteiger partial charge >= 0.3 is 6.68 Å². The highest BCUT2D eigenvalue weighted by Gasteiger charge is 2.27. The zero-order chi connectivity index (χ0) is 27.1. The second-order valence-electron chi connectivity index (χ2n) is 9.47. The Bertz CT molecular complexity index is 1270. The van der Waals surface area contributed by atoms with Gasteiger partial charge < -0.3 is 15.7 Å². The molecule has 1 saturated carbocycles. The molecule has 0 saturated heterocycles. The van der Waals surface area contributed by atoms with Crippen LogP contribution in [0, 0.1) is 19.8 Å². The number of aryl methyl sites for hydroxylation is 2. The zero-order valence-corrected chi connectivity index (χ0v) is 22.2. The molecule has 38 heavy (non-hydrogen) atoms. The van der Waals surface area contributed by atoms with Gasteiger partial charge in [-0.05, 0) is 50.7 Å². The first-order chi connectivity index (χ1) is 18.3. The Hall–Kier alpha value is -3.24. The molecule has 0 amide bonds. The van der Waals surface area contributed by atoms with Gasteiger partial charge in [0.2, 0.25) is 5.95 Å². The fraction of sp³-hybridized carbons (Fsp3) is 0.393. The molecule has 1 fully saturated rings. The first-order valence-corrected chi connectivity index (χ1v) is 13.4. The van der Waals surface area contributed by atoms with Crippen LogP contribution in [-0.2, 0) is 13.0 Å². The number of nitrogens with one attached hydrogen (secondary N) is 2. The van der Waals surface area contributed by atoms with Gasteiger partial charge in [-0.25, -0.2) is 9.97 Å². The first-order valence-electron chi connectivity index (χ1n) is 12.6. The van der Waals surface area contributed by atoms with Gasteiger partial charge in [-0.2, -0.15) is 18.2 Å². The van der Waals surface area contributed by atoms with Gasteiger partial charge in [0.25, 0.3) is 0 Å². The van der Waals surface area contributed by atoms with Crippen LogP contribution in [0.15, 0.2) is 42.5 Å². The molecule has 3 N–H and O–H groups in total. The number of rotatable bonds is 7. The van der Waals surface area contributed by atoms with Gasteiger partial charge in [0, 0.05) is 25.6 Å². The molecule has 0 aliphatic heterocycles. The minimum absolute atomic E-state index is 0.246. The van der Waals surface area contributed by atoms with Crippen LogP contribution in [0.2, 0.25) is 0 Å². The highest BCUT2D eigenvalue weighted by Crippen LogP contribution is 2.38. The van der Waals surface area contributed by atoms with Gasteiger partial charge in [0.05, 0.1) is 21.8 Å². The summed E-state index contributed by atoms with van der Waals surface area (Å²) < 4.78 is 29.0. The van der Waals surface area contributed by atoms with Gasteiger partial charge in [0.15, 0.2) is 0 Å². The second kappa shape index (κ2) is 13.0. The van der Waals surface area contributed by atoms with Gasteiger partial charge in [0.1, 0.15) is 10.8 Å². The van der Waals surface area contributed by atoms with Crippen molar-refractivity contribution in [3.8, 4) is 10.6 Å². The van der Waals surface area contributed by atoms with E-state index in [1.807, 2.05) is 6.92 Å². The molecule has 2 aliphatic rings. The lowest BCUT2D eigenvalue weighted by Gasteiger charge is -2.18. The fourth-order valence-corrected chi connectivity index (χ4v) is 5.72. The number of aliphatic hydroxyl groups is 1. The van der Waals surface area contributed by atoms with Crippen LogP contribution in [0.25, 0.3) is 16.6 Å². The summed E-state index contributed by atoms with van der Waals surface area (Å²) in [6.45, 7) is 1.37. The van der Waals surface area contributed by atoms with Gasteiger partial charge in [-0.15, -0.1) is 11.3 Å². The lowest BCUT2D eigenvalue weighted by atomic mass is 10.1. The van der Waals surface area contributed by atoms with Gasteiger partial charge in [-0.1, -0.05) is 48.1 Å². The number of hydrogen-bond acceptors (Lipinski definition) is 7. The van der Waals surface area contributed by atoms with E-state index in [1.165, 1.54) is 16.0 Å². The molecule has 2 unspecified atom stereocenters. The summed E-state index contributed by atoms with van der Waals surface area (Å²) in [5.41, 5.74) is 5.41. The Kier molecular flexibility index (Phi) is 9.52. The summed E-state index contributed by atoms with van der Waals surface area (Å²) in [6.07, 6.45) is 12.3. The summed E-state index contributed by atoms with van der Waals surface area (Å²) in [5, 5.41) is 17.6. The van der Waals surface area contributed by atoms with E-state index in [4.69, 9.17) is 15.0 Å². The van der Waals surface area contributed by atoms with Crippen LogP contribution in [0.5, 0.6) is 0 Å². The summed E-state index contributed by atoms with van der Waals surface area (Å²) in [4.78, 5) is 15.9. The van der Waals surface area contributed by atoms with Gasteiger partial charge in [-0.3, -0.25) is 0 Å². The van der Waals surface area contributed by atoms with E-state index >= 15 is 0 Å². The summed E-state index contributed by atoms with van der Waals surface area (Å²) in [7, 11) is 0. The summed E-state index contributed by atoms with van der Waals surface area (Å²) >= 11 is 1.69. The minimum atomic E-state index is -3.67. The van der Waals surface area contributed by atoms with Crippen LogP contribution in [0.3, 0.4) is 0 Å². The molecule has 6 nitrogen and oxygen atoms in total. The highest BCUT2D eigenvalue weighted by atomic mass is 32.1. The third kappa shape index (κ3) is 7.41. The minimum Gasteiger partial charge on any atom is -0.396 e. The number of halogens is 3. The number of allylic oxidation sites excluding steroid dienone is 3. The number of anilines is 2. The number of aliphatic hydroxyl groups excluding tert-OH is 1. The largest absolute Gasteiger partial charge is 0.396 e. The lowest BCUT2D eigenvalue weighted by molar-refractivity contribution is 0.00819. The van der Waals surface area contributed by atoms with Crippen molar-refractivity contribution in [1.82, 2.24) is 15.0 Å². The van der Waals surface area contributed by atoms with E-state index in [1.54, 1.807) is 11.3 Å². The average Bonchev–Trinajstić information content (AvgIpc) is 3.44. The molecule has 0 spiro atoms. The molecule has 202 valence electrons. The molecule has 0 radical (unpaired) electrons. The van der Waals surface area contributed by atoms with Crippen molar-refractivity contribution in [2.45, 2.75) is 58.8 Å². The quantitative estimate of drug-likeness (QED) is 0.307. The molecule has 0 bridgehead atoms. The number of benzene rings is 1. The molecule has 5 rings (SSSR count). The van der Waals surface area contributed by atoms with E-state index < -0.39 is 6.68 Å². The number of alkyl halides is 3. The molecular formula is C28H32F3N5OS. The number of thiazole rings is 1. The van der Waals surface area contributed by atoms with Crippen molar-refractivity contribution in [3.05, 3.63) is 69.9 Å². The van der Waals surface area contributed by atoms with Crippen molar-refractivity contribution in [3.63, 3.8) is 0 Å². The smallest absolute Gasteiger partial charge is 0.379 e. The Morgan fingerprint density at radius 3 is 2.53 bits per heavy atom. The van der Waals surface area contributed by atoms with Crippen molar-refractivity contribution in [2.24, 2.45) is 5.92 Å². The number of fused-ring (bicyclic) bond motifs is 1. The van der Waals surface area contributed by atoms with E-state index in [2.05, 4.69) is 66.1 Å². The molecule has 1 aromatic carbocycles. The second-order valence-corrected chi connectivity index (χ2v) is 10.5. The van der Waals surface area contributed by atoms with Crippen molar-refractivity contribution in [1.29, 1.82) is 0 Å². The predicted molar refractivity (Wildman–Crippen MR) is 147 cm³/mol. The van der Waals surface area contributed by atoms with E-state index in [9.17, 15) is 18.3 Å². The molecule has 2 aliphatic carbocycles.